The Kier molecular flexibility index (Phi) is 4.90. The summed E-state index contributed by atoms with van der Waals surface area (Å²) in [6, 6.07) is 5.10. The standard InChI is InChI=1S/C13H22N2O2S/c1-10(2)9-15(4)18(16,17)13-6-5-12(8-14)11(3)7-13/h5-7,10H,8-9,14H2,1-4H3. The zero-order valence-corrected chi connectivity index (χ0v) is 12.3. The van der Waals surface area contributed by atoms with Crippen LogP contribution < -0.4 is 5.73 Å². The fraction of sp³-hybridized carbons (Fsp3) is 0.538. The number of benzene rings is 1. The lowest BCUT2D eigenvalue weighted by molar-refractivity contribution is 0.417. The summed E-state index contributed by atoms with van der Waals surface area (Å²) >= 11 is 0. The maximum Gasteiger partial charge on any atom is 0.242 e. The predicted molar refractivity (Wildman–Crippen MR) is 73.7 cm³/mol. The largest absolute Gasteiger partial charge is 0.326 e. The van der Waals surface area contributed by atoms with Gasteiger partial charge >= 0.3 is 0 Å². The van der Waals surface area contributed by atoms with Gasteiger partial charge in [0, 0.05) is 20.1 Å². The first-order valence-electron chi connectivity index (χ1n) is 6.05. The quantitative estimate of drug-likeness (QED) is 0.886. The van der Waals surface area contributed by atoms with Gasteiger partial charge in [-0.05, 0) is 36.1 Å². The van der Waals surface area contributed by atoms with Crippen LogP contribution in [0, 0.1) is 12.8 Å². The molecule has 0 fully saturated rings. The Morgan fingerprint density at radius 2 is 1.94 bits per heavy atom. The highest BCUT2D eigenvalue weighted by molar-refractivity contribution is 7.89. The van der Waals surface area contributed by atoms with Crippen molar-refractivity contribution in [2.45, 2.75) is 32.2 Å². The van der Waals surface area contributed by atoms with E-state index >= 15 is 0 Å². The third kappa shape index (κ3) is 3.31. The van der Waals surface area contributed by atoms with Crippen molar-refractivity contribution in [1.29, 1.82) is 0 Å². The molecule has 0 aliphatic heterocycles. The van der Waals surface area contributed by atoms with Crippen molar-refractivity contribution >= 4 is 10.0 Å². The summed E-state index contributed by atoms with van der Waals surface area (Å²) in [4.78, 5) is 0.334. The van der Waals surface area contributed by atoms with Crippen molar-refractivity contribution in [1.82, 2.24) is 4.31 Å². The topological polar surface area (TPSA) is 63.4 Å². The summed E-state index contributed by atoms with van der Waals surface area (Å²) in [6.45, 7) is 6.81. The first-order valence-corrected chi connectivity index (χ1v) is 7.49. The molecule has 0 spiro atoms. The minimum atomic E-state index is -3.39. The normalized spacial score (nSPS) is 12.4. The van der Waals surface area contributed by atoms with Crippen LogP contribution in [0.1, 0.15) is 25.0 Å². The molecule has 0 aliphatic carbocycles. The van der Waals surface area contributed by atoms with Crippen molar-refractivity contribution in [2.24, 2.45) is 11.7 Å². The van der Waals surface area contributed by atoms with E-state index in [4.69, 9.17) is 5.73 Å². The molecule has 0 aliphatic rings. The summed E-state index contributed by atoms with van der Waals surface area (Å²) in [7, 11) is -1.78. The number of aryl methyl sites for hydroxylation is 1. The van der Waals surface area contributed by atoms with Gasteiger partial charge in [-0.15, -0.1) is 0 Å². The minimum Gasteiger partial charge on any atom is -0.326 e. The lowest BCUT2D eigenvalue weighted by Gasteiger charge is -2.19. The molecule has 0 saturated heterocycles. The number of sulfonamides is 1. The smallest absolute Gasteiger partial charge is 0.242 e. The molecule has 4 nitrogen and oxygen atoms in total. The monoisotopic (exact) mass is 270 g/mol. The van der Waals surface area contributed by atoms with E-state index in [0.717, 1.165) is 11.1 Å². The highest BCUT2D eigenvalue weighted by Crippen LogP contribution is 2.19. The third-order valence-corrected chi connectivity index (χ3v) is 4.68. The van der Waals surface area contributed by atoms with Crippen LogP contribution in [0.4, 0.5) is 0 Å². The van der Waals surface area contributed by atoms with E-state index in [0.29, 0.717) is 23.9 Å². The molecule has 0 amide bonds. The van der Waals surface area contributed by atoms with E-state index in [-0.39, 0.29) is 0 Å². The lowest BCUT2D eigenvalue weighted by Crippen LogP contribution is -2.30. The van der Waals surface area contributed by atoms with Gasteiger partial charge < -0.3 is 5.73 Å². The van der Waals surface area contributed by atoms with E-state index in [2.05, 4.69) is 0 Å². The van der Waals surface area contributed by atoms with Crippen molar-refractivity contribution in [3.05, 3.63) is 29.3 Å². The van der Waals surface area contributed by atoms with Gasteiger partial charge in [-0.2, -0.15) is 0 Å². The van der Waals surface area contributed by atoms with E-state index in [9.17, 15) is 8.42 Å². The molecular weight excluding hydrogens is 248 g/mol. The molecule has 1 aromatic carbocycles. The van der Waals surface area contributed by atoms with Crippen molar-refractivity contribution in [3.8, 4) is 0 Å². The molecule has 1 rings (SSSR count). The number of rotatable bonds is 5. The van der Waals surface area contributed by atoms with Crippen LogP contribution in [0.5, 0.6) is 0 Å². The Morgan fingerprint density at radius 1 is 1.33 bits per heavy atom. The fourth-order valence-corrected chi connectivity index (χ4v) is 3.27. The molecule has 18 heavy (non-hydrogen) atoms. The third-order valence-electron chi connectivity index (χ3n) is 2.86. The Labute approximate surface area is 110 Å². The Morgan fingerprint density at radius 3 is 2.39 bits per heavy atom. The maximum absolute atomic E-state index is 12.3. The van der Waals surface area contributed by atoms with Gasteiger partial charge in [0.1, 0.15) is 0 Å². The molecule has 102 valence electrons. The maximum atomic E-state index is 12.3. The summed E-state index contributed by atoms with van der Waals surface area (Å²) < 4.78 is 26.0. The van der Waals surface area contributed by atoms with Gasteiger partial charge in [0.15, 0.2) is 0 Å². The zero-order chi connectivity index (χ0) is 13.9. The van der Waals surface area contributed by atoms with Crippen molar-refractivity contribution in [3.63, 3.8) is 0 Å². The second kappa shape index (κ2) is 5.82. The number of nitrogens with zero attached hydrogens (tertiary/aromatic N) is 1. The molecule has 2 N–H and O–H groups in total. The van der Waals surface area contributed by atoms with Crippen molar-refractivity contribution < 1.29 is 8.42 Å². The second-order valence-corrected chi connectivity index (χ2v) is 7.02. The molecule has 1 aromatic rings. The zero-order valence-electron chi connectivity index (χ0n) is 11.5. The van der Waals surface area contributed by atoms with Crippen molar-refractivity contribution in [2.75, 3.05) is 13.6 Å². The Hall–Kier alpha value is -0.910. The van der Waals surface area contributed by atoms with E-state index in [1.165, 1.54) is 4.31 Å². The number of hydrogen-bond acceptors (Lipinski definition) is 3. The summed E-state index contributed by atoms with van der Waals surface area (Å²) in [6.07, 6.45) is 0. The molecule has 0 saturated carbocycles. The molecule has 5 heteroatoms. The molecule has 0 heterocycles. The number of hydrogen-bond donors (Lipinski definition) is 1. The molecule has 0 aromatic heterocycles. The SMILES string of the molecule is Cc1cc(S(=O)(=O)N(C)CC(C)C)ccc1CN. The fourth-order valence-electron chi connectivity index (χ4n) is 1.85. The first-order chi connectivity index (χ1) is 8.28. The van der Waals surface area contributed by atoms with Crippen LogP contribution >= 0.6 is 0 Å². The van der Waals surface area contributed by atoms with Crippen LogP contribution in [-0.2, 0) is 16.6 Å². The van der Waals surface area contributed by atoms with Gasteiger partial charge in [0.25, 0.3) is 0 Å². The molecule has 0 unspecified atom stereocenters. The van der Waals surface area contributed by atoms with Crippen LogP contribution in [0.3, 0.4) is 0 Å². The van der Waals surface area contributed by atoms with Crippen LogP contribution in [0.25, 0.3) is 0 Å². The molecule has 0 bridgehead atoms. The second-order valence-electron chi connectivity index (χ2n) is 4.97. The van der Waals surface area contributed by atoms with E-state index in [1.54, 1.807) is 25.2 Å². The lowest BCUT2D eigenvalue weighted by atomic mass is 10.1. The van der Waals surface area contributed by atoms with Crippen LogP contribution in [0.2, 0.25) is 0 Å². The number of nitrogens with two attached hydrogens (primary N) is 1. The van der Waals surface area contributed by atoms with Gasteiger partial charge in [-0.1, -0.05) is 19.9 Å². The molecular formula is C13H22N2O2S. The average Bonchev–Trinajstić information content (AvgIpc) is 2.27. The van der Waals surface area contributed by atoms with Gasteiger partial charge in [0.2, 0.25) is 10.0 Å². The van der Waals surface area contributed by atoms with E-state index < -0.39 is 10.0 Å². The molecule has 0 atom stereocenters. The highest BCUT2D eigenvalue weighted by Gasteiger charge is 2.21. The van der Waals surface area contributed by atoms with Gasteiger partial charge in [-0.3, -0.25) is 0 Å². The predicted octanol–water partition coefficient (Wildman–Crippen LogP) is 1.73. The summed E-state index contributed by atoms with van der Waals surface area (Å²) in [5.41, 5.74) is 7.46. The molecule has 0 radical (unpaired) electrons. The Bertz CT molecular complexity index is 510. The van der Waals surface area contributed by atoms with Gasteiger partial charge in [-0.25, -0.2) is 12.7 Å². The van der Waals surface area contributed by atoms with Crippen LogP contribution in [-0.4, -0.2) is 26.3 Å². The average molecular weight is 270 g/mol. The Balaban J connectivity index is 3.09. The minimum absolute atomic E-state index is 0.300. The highest BCUT2D eigenvalue weighted by atomic mass is 32.2. The van der Waals surface area contributed by atoms with Crippen LogP contribution in [0.15, 0.2) is 23.1 Å². The van der Waals surface area contributed by atoms with Gasteiger partial charge in [0.05, 0.1) is 4.90 Å². The summed E-state index contributed by atoms with van der Waals surface area (Å²) in [5.74, 6) is 0.300. The van der Waals surface area contributed by atoms with E-state index in [1.807, 2.05) is 20.8 Å². The first kappa shape index (κ1) is 15.1. The summed E-state index contributed by atoms with van der Waals surface area (Å²) in [5, 5.41) is 0.